The van der Waals surface area contributed by atoms with Crippen LogP contribution in [-0.4, -0.2) is 30.6 Å². The van der Waals surface area contributed by atoms with Gasteiger partial charge in [-0.15, -0.1) is 0 Å². The van der Waals surface area contributed by atoms with Crippen molar-refractivity contribution in [2.24, 2.45) is 0 Å². The fourth-order valence-corrected chi connectivity index (χ4v) is 0.731. The number of hydrogen-bond acceptors (Lipinski definition) is 1. The monoisotopic (exact) mass is 172 g/mol. The maximum atomic E-state index is 11.3. The second-order valence-electron chi connectivity index (χ2n) is 3.29. The molecule has 3 nitrogen and oxygen atoms in total. The summed E-state index contributed by atoms with van der Waals surface area (Å²) in [6.45, 7) is 6.89. The highest BCUT2D eigenvalue weighted by atomic mass is 16.2. The highest BCUT2D eigenvalue weighted by molar-refractivity contribution is 5.74. The number of amides is 2. The SMILES string of the molecule is CCCCNC(=O)N(C)C(C)C. The average Bonchev–Trinajstić information content (AvgIpc) is 2.03. The highest BCUT2D eigenvalue weighted by Crippen LogP contribution is 1.93. The van der Waals surface area contributed by atoms with Crippen molar-refractivity contribution < 1.29 is 4.79 Å². The van der Waals surface area contributed by atoms with Gasteiger partial charge in [-0.25, -0.2) is 4.79 Å². The van der Waals surface area contributed by atoms with Gasteiger partial charge in [0.1, 0.15) is 0 Å². The number of nitrogens with zero attached hydrogens (tertiary/aromatic N) is 1. The molecule has 0 spiro atoms. The van der Waals surface area contributed by atoms with E-state index in [1.54, 1.807) is 4.90 Å². The minimum atomic E-state index is 0.0263. The Hall–Kier alpha value is -0.730. The van der Waals surface area contributed by atoms with Gasteiger partial charge >= 0.3 is 6.03 Å². The van der Waals surface area contributed by atoms with Crippen molar-refractivity contribution in [3.63, 3.8) is 0 Å². The molecule has 0 aliphatic heterocycles. The van der Waals surface area contributed by atoms with Crippen molar-refractivity contribution in [3.8, 4) is 0 Å². The molecule has 0 saturated carbocycles. The molecule has 0 atom stereocenters. The molecular formula is C9H20N2O. The summed E-state index contributed by atoms with van der Waals surface area (Å²) in [7, 11) is 1.81. The van der Waals surface area contributed by atoms with E-state index in [-0.39, 0.29) is 12.1 Å². The second-order valence-corrected chi connectivity index (χ2v) is 3.29. The summed E-state index contributed by atoms with van der Waals surface area (Å²) >= 11 is 0. The smallest absolute Gasteiger partial charge is 0.317 e. The zero-order valence-electron chi connectivity index (χ0n) is 8.55. The Morgan fingerprint density at radius 1 is 1.50 bits per heavy atom. The van der Waals surface area contributed by atoms with Crippen molar-refractivity contribution in [2.75, 3.05) is 13.6 Å². The third-order valence-corrected chi connectivity index (χ3v) is 1.90. The molecule has 2 amide bonds. The predicted molar refractivity (Wildman–Crippen MR) is 51.2 cm³/mol. The molecule has 0 radical (unpaired) electrons. The number of nitrogens with one attached hydrogen (secondary N) is 1. The summed E-state index contributed by atoms with van der Waals surface area (Å²) in [5, 5.41) is 2.85. The molecule has 0 aliphatic rings. The van der Waals surface area contributed by atoms with Crippen LogP contribution in [-0.2, 0) is 0 Å². The van der Waals surface area contributed by atoms with Gasteiger partial charge in [0, 0.05) is 19.6 Å². The summed E-state index contributed by atoms with van der Waals surface area (Å²) < 4.78 is 0. The van der Waals surface area contributed by atoms with Gasteiger partial charge < -0.3 is 10.2 Å². The van der Waals surface area contributed by atoms with E-state index in [1.807, 2.05) is 20.9 Å². The molecule has 0 unspecified atom stereocenters. The molecule has 0 rings (SSSR count). The van der Waals surface area contributed by atoms with Crippen LogP contribution in [0.15, 0.2) is 0 Å². The van der Waals surface area contributed by atoms with Gasteiger partial charge in [-0.05, 0) is 20.3 Å². The molecule has 3 heteroatoms. The van der Waals surface area contributed by atoms with Crippen LogP contribution in [0.5, 0.6) is 0 Å². The predicted octanol–water partition coefficient (Wildman–Crippen LogP) is 1.84. The first-order chi connectivity index (χ1) is 5.59. The van der Waals surface area contributed by atoms with Crippen LogP contribution in [0.1, 0.15) is 33.6 Å². The summed E-state index contributed by atoms with van der Waals surface area (Å²) in [6.07, 6.45) is 2.17. The largest absolute Gasteiger partial charge is 0.338 e. The summed E-state index contributed by atoms with van der Waals surface area (Å²) in [4.78, 5) is 13.0. The Labute approximate surface area is 75.1 Å². The van der Waals surface area contributed by atoms with Crippen molar-refractivity contribution in [2.45, 2.75) is 39.7 Å². The third kappa shape index (κ3) is 4.21. The minimum Gasteiger partial charge on any atom is -0.338 e. The average molecular weight is 172 g/mol. The minimum absolute atomic E-state index is 0.0263. The lowest BCUT2D eigenvalue weighted by atomic mass is 10.3. The fourth-order valence-electron chi connectivity index (χ4n) is 0.731. The van der Waals surface area contributed by atoms with Gasteiger partial charge in [0.25, 0.3) is 0 Å². The molecule has 0 aromatic heterocycles. The Kier molecular flexibility index (Phi) is 5.51. The Bertz CT molecular complexity index is 134. The van der Waals surface area contributed by atoms with E-state index in [9.17, 15) is 4.79 Å². The quantitative estimate of drug-likeness (QED) is 0.645. The van der Waals surface area contributed by atoms with Gasteiger partial charge in [-0.1, -0.05) is 13.3 Å². The lowest BCUT2D eigenvalue weighted by Crippen LogP contribution is -2.41. The summed E-state index contributed by atoms with van der Waals surface area (Å²) in [6, 6.07) is 0.296. The second kappa shape index (κ2) is 5.86. The number of carbonyl (C=O) groups is 1. The Morgan fingerprint density at radius 3 is 2.50 bits per heavy atom. The number of hydrogen-bond donors (Lipinski definition) is 1. The van der Waals surface area contributed by atoms with Gasteiger partial charge in [-0.2, -0.15) is 0 Å². The normalized spacial score (nSPS) is 10.1. The van der Waals surface area contributed by atoms with Gasteiger partial charge in [0.2, 0.25) is 0 Å². The number of carbonyl (C=O) groups excluding carboxylic acids is 1. The van der Waals surface area contributed by atoms with Gasteiger partial charge in [-0.3, -0.25) is 0 Å². The van der Waals surface area contributed by atoms with Crippen LogP contribution in [0.2, 0.25) is 0 Å². The van der Waals surface area contributed by atoms with E-state index in [0.29, 0.717) is 0 Å². The molecule has 0 fully saturated rings. The molecule has 72 valence electrons. The van der Waals surface area contributed by atoms with Crippen LogP contribution in [0.3, 0.4) is 0 Å². The van der Waals surface area contributed by atoms with Crippen LogP contribution < -0.4 is 5.32 Å². The zero-order valence-corrected chi connectivity index (χ0v) is 8.55. The first-order valence-electron chi connectivity index (χ1n) is 4.60. The molecule has 0 aliphatic carbocycles. The lowest BCUT2D eigenvalue weighted by Gasteiger charge is -2.21. The molecular weight excluding hydrogens is 152 g/mol. The zero-order chi connectivity index (χ0) is 9.56. The highest BCUT2D eigenvalue weighted by Gasteiger charge is 2.09. The van der Waals surface area contributed by atoms with E-state index in [2.05, 4.69) is 12.2 Å². The molecule has 0 heterocycles. The maximum absolute atomic E-state index is 11.3. The van der Waals surface area contributed by atoms with Crippen LogP contribution >= 0.6 is 0 Å². The van der Waals surface area contributed by atoms with E-state index in [1.165, 1.54) is 0 Å². The molecule has 1 N–H and O–H groups in total. The Morgan fingerprint density at radius 2 is 2.08 bits per heavy atom. The Balaban J connectivity index is 3.57. The first kappa shape index (κ1) is 11.3. The standard InChI is InChI=1S/C9H20N2O/c1-5-6-7-10-9(12)11(4)8(2)3/h8H,5-7H2,1-4H3,(H,10,12). The van der Waals surface area contributed by atoms with E-state index < -0.39 is 0 Å². The summed E-state index contributed by atoms with van der Waals surface area (Å²) in [5.41, 5.74) is 0. The third-order valence-electron chi connectivity index (χ3n) is 1.90. The topological polar surface area (TPSA) is 32.3 Å². The number of urea groups is 1. The van der Waals surface area contributed by atoms with E-state index in [0.717, 1.165) is 19.4 Å². The van der Waals surface area contributed by atoms with Crippen molar-refractivity contribution >= 4 is 6.03 Å². The molecule has 0 aromatic carbocycles. The van der Waals surface area contributed by atoms with Crippen LogP contribution in [0.4, 0.5) is 4.79 Å². The molecule has 0 aromatic rings. The first-order valence-corrected chi connectivity index (χ1v) is 4.60. The number of rotatable bonds is 4. The van der Waals surface area contributed by atoms with E-state index >= 15 is 0 Å². The van der Waals surface area contributed by atoms with Crippen molar-refractivity contribution in [1.29, 1.82) is 0 Å². The van der Waals surface area contributed by atoms with E-state index in [4.69, 9.17) is 0 Å². The van der Waals surface area contributed by atoms with Crippen molar-refractivity contribution in [1.82, 2.24) is 10.2 Å². The van der Waals surface area contributed by atoms with Crippen LogP contribution in [0.25, 0.3) is 0 Å². The van der Waals surface area contributed by atoms with Crippen LogP contribution in [0, 0.1) is 0 Å². The van der Waals surface area contributed by atoms with Gasteiger partial charge in [0.05, 0.1) is 0 Å². The summed E-state index contributed by atoms with van der Waals surface area (Å²) in [5.74, 6) is 0. The fraction of sp³-hybridized carbons (Fsp3) is 0.889. The number of unbranched alkanes of at least 4 members (excludes halogenated alkanes) is 1. The molecule has 12 heavy (non-hydrogen) atoms. The lowest BCUT2D eigenvalue weighted by molar-refractivity contribution is 0.197. The maximum Gasteiger partial charge on any atom is 0.317 e. The molecule has 0 bridgehead atoms. The van der Waals surface area contributed by atoms with Crippen molar-refractivity contribution in [3.05, 3.63) is 0 Å². The molecule has 0 saturated heterocycles. The van der Waals surface area contributed by atoms with Gasteiger partial charge in [0.15, 0.2) is 0 Å².